The van der Waals surface area contributed by atoms with Crippen molar-refractivity contribution in [3.05, 3.63) is 65.7 Å². The molecule has 0 unspecified atom stereocenters. The van der Waals surface area contributed by atoms with Crippen LogP contribution >= 0.6 is 11.7 Å². The average Bonchev–Trinajstić information content (AvgIpc) is 3.29. The Morgan fingerprint density at radius 3 is 2.27 bits per heavy atom. The van der Waals surface area contributed by atoms with Crippen LogP contribution in [0.5, 0.6) is 0 Å². The molecule has 0 bridgehead atoms. The highest BCUT2D eigenvalue weighted by atomic mass is 32.1. The van der Waals surface area contributed by atoms with Crippen LogP contribution in [0, 0.1) is 5.92 Å². The minimum Gasteiger partial charge on any atom is -0.388 e. The number of hydrogen-bond acceptors (Lipinski definition) is 6. The Labute approximate surface area is 175 Å². The molecule has 30 heavy (non-hydrogen) atoms. The molecular weight excluding hydrogens is 415 g/mol. The minimum absolute atomic E-state index is 0.366. The van der Waals surface area contributed by atoms with Crippen LogP contribution in [-0.4, -0.2) is 37.7 Å². The van der Waals surface area contributed by atoms with Gasteiger partial charge in [0.2, 0.25) is 0 Å². The van der Waals surface area contributed by atoms with Crippen LogP contribution < -0.4 is 0 Å². The summed E-state index contributed by atoms with van der Waals surface area (Å²) < 4.78 is 46.1. The number of aliphatic hydroxyl groups is 1. The van der Waals surface area contributed by atoms with E-state index in [1.54, 1.807) is 36.7 Å². The van der Waals surface area contributed by atoms with Gasteiger partial charge in [0.25, 0.3) is 6.43 Å². The third-order valence-corrected chi connectivity index (χ3v) is 5.32. The van der Waals surface area contributed by atoms with Crippen LogP contribution in [0.15, 0.2) is 48.8 Å². The lowest BCUT2D eigenvalue weighted by atomic mass is 9.91. The van der Waals surface area contributed by atoms with Crippen molar-refractivity contribution in [3.8, 4) is 11.1 Å². The maximum Gasteiger partial charge on any atom is 0.295 e. The molecule has 5 nitrogen and oxygen atoms in total. The molecule has 1 N–H and O–H groups in total. The second-order valence-electron chi connectivity index (χ2n) is 6.89. The number of carbonyl (C=O) groups excluding carboxylic acids is 1. The Bertz CT molecular complexity index is 935. The van der Waals surface area contributed by atoms with E-state index in [0.717, 1.165) is 35.4 Å². The molecule has 158 valence electrons. The highest BCUT2D eigenvalue weighted by molar-refractivity contribution is 6.99. The third-order valence-electron chi connectivity index (χ3n) is 4.81. The fourth-order valence-electron chi connectivity index (χ4n) is 3.04. The predicted octanol–water partition coefficient (Wildman–Crippen LogP) is 4.23. The summed E-state index contributed by atoms with van der Waals surface area (Å²) in [4.78, 5) is 15.6. The SMILES string of the molecule is O=C(C[C@H](CF)[C@H](O)c1ccc(-c2ccc(CCc3cnsn3)nc2)cc1)C(F)F. The lowest BCUT2D eigenvalue weighted by Crippen LogP contribution is -2.22. The fraction of sp³-hybridized carbons (Fsp3) is 0.333. The standard InChI is InChI=1S/C21H20F3N3O2S/c22-10-16(9-19(28)21(23)24)20(29)14-3-1-13(2-4-14)15-5-6-17(25-11-15)7-8-18-12-26-30-27-18/h1-6,11-12,16,20-21,29H,7-10H2/t16-,20-/m1/s1. The molecule has 1 aromatic carbocycles. The molecule has 9 heteroatoms. The van der Waals surface area contributed by atoms with E-state index in [1.807, 2.05) is 12.1 Å². The van der Waals surface area contributed by atoms with E-state index in [0.29, 0.717) is 5.56 Å². The maximum absolute atomic E-state index is 13.2. The molecular formula is C21H20F3N3O2S. The molecule has 0 aliphatic rings. The number of aryl methyl sites for hydroxylation is 2. The molecule has 0 saturated heterocycles. The molecule has 0 radical (unpaired) electrons. The number of pyridine rings is 1. The summed E-state index contributed by atoms with van der Waals surface area (Å²) in [6.07, 6.45) is -0.218. The zero-order chi connectivity index (χ0) is 21.5. The number of aromatic nitrogens is 3. The van der Waals surface area contributed by atoms with Crippen molar-refractivity contribution in [2.75, 3.05) is 6.67 Å². The molecule has 0 spiro atoms. The third kappa shape index (κ3) is 5.70. The highest BCUT2D eigenvalue weighted by Gasteiger charge is 2.27. The molecule has 3 aromatic rings. The lowest BCUT2D eigenvalue weighted by Gasteiger charge is -2.20. The number of carbonyl (C=O) groups is 1. The van der Waals surface area contributed by atoms with Crippen LogP contribution in [0.4, 0.5) is 13.2 Å². The van der Waals surface area contributed by atoms with Crippen LogP contribution in [0.1, 0.15) is 29.5 Å². The van der Waals surface area contributed by atoms with Crippen molar-refractivity contribution in [2.45, 2.75) is 31.8 Å². The van der Waals surface area contributed by atoms with Gasteiger partial charge in [-0.2, -0.15) is 8.75 Å². The van der Waals surface area contributed by atoms with E-state index in [9.17, 15) is 23.1 Å². The van der Waals surface area contributed by atoms with Gasteiger partial charge < -0.3 is 5.11 Å². The summed E-state index contributed by atoms with van der Waals surface area (Å²) in [5, 5.41) is 10.3. The van der Waals surface area contributed by atoms with Crippen molar-refractivity contribution in [1.29, 1.82) is 0 Å². The van der Waals surface area contributed by atoms with Gasteiger partial charge >= 0.3 is 0 Å². The lowest BCUT2D eigenvalue weighted by molar-refractivity contribution is -0.131. The largest absolute Gasteiger partial charge is 0.388 e. The second kappa shape index (κ2) is 10.4. The molecule has 2 heterocycles. The zero-order valence-electron chi connectivity index (χ0n) is 15.9. The van der Waals surface area contributed by atoms with Crippen molar-refractivity contribution in [1.82, 2.24) is 13.7 Å². The number of benzene rings is 1. The Balaban J connectivity index is 1.63. The normalized spacial score (nSPS) is 13.4. The molecule has 3 rings (SSSR count). The number of alkyl halides is 3. The summed E-state index contributed by atoms with van der Waals surface area (Å²) in [5.74, 6) is -2.57. The number of nitrogens with zero attached hydrogens (tertiary/aromatic N) is 3. The van der Waals surface area contributed by atoms with Crippen LogP contribution in [0.25, 0.3) is 11.1 Å². The number of hydrogen-bond donors (Lipinski definition) is 1. The van der Waals surface area contributed by atoms with Crippen molar-refractivity contribution in [2.24, 2.45) is 5.92 Å². The molecule has 0 saturated carbocycles. The van der Waals surface area contributed by atoms with Gasteiger partial charge in [-0.1, -0.05) is 30.3 Å². The first-order valence-electron chi connectivity index (χ1n) is 9.34. The van der Waals surface area contributed by atoms with Crippen LogP contribution in [-0.2, 0) is 17.6 Å². The Morgan fingerprint density at radius 1 is 1.00 bits per heavy atom. The number of Topliss-reactive ketones (excluding diaryl/α,β-unsaturated/α-hetero) is 1. The number of halogens is 3. The van der Waals surface area contributed by atoms with Crippen molar-refractivity contribution in [3.63, 3.8) is 0 Å². The Hall–Kier alpha value is -2.65. The molecule has 2 aromatic heterocycles. The smallest absolute Gasteiger partial charge is 0.295 e. The Morgan fingerprint density at radius 2 is 1.70 bits per heavy atom. The zero-order valence-corrected chi connectivity index (χ0v) is 16.7. The van der Waals surface area contributed by atoms with Gasteiger partial charge in [-0.25, -0.2) is 8.78 Å². The molecule has 0 amide bonds. The fourth-order valence-corrected chi connectivity index (χ4v) is 3.50. The maximum atomic E-state index is 13.2. The molecule has 0 aliphatic heterocycles. The van der Waals surface area contributed by atoms with Crippen molar-refractivity contribution < 1.29 is 23.1 Å². The molecule has 0 fully saturated rings. The molecule has 0 aliphatic carbocycles. The van der Waals surface area contributed by atoms with Gasteiger partial charge in [0.15, 0.2) is 5.78 Å². The number of rotatable bonds is 10. The molecule has 2 atom stereocenters. The van der Waals surface area contributed by atoms with Gasteiger partial charge in [0, 0.05) is 29.8 Å². The van der Waals surface area contributed by atoms with Gasteiger partial charge in [0.1, 0.15) is 0 Å². The summed E-state index contributed by atoms with van der Waals surface area (Å²) in [6, 6.07) is 10.5. The second-order valence-corrected chi connectivity index (χ2v) is 7.45. The number of ketones is 1. The minimum atomic E-state index is -3.16. The van der Waals surface area contributed by atoms with E-state index >= 15 is 0 Å². The van der Waals surface area contributed by atoms with Crippen molar-refractivity contribution >= 4 is 17.5 Å². The van der Waals surface area contributed by atoms with E-state index in [-0.39, 0.29) is 0 Å². The predicted molar refractivity (Wildman–Crippen MR) is 107 cm³/mol. The quantitative estimate of drug-likeness (QED) is 0.516. The van der Waals surface area contributed by atoms with Crippen LogP contribution in [0.3, 0.4) is 0 Å². The summed E-state index contributed by atoms with van der Waals surface area (Å²) in [7, 11) is 0. The average molecular weight is 435 g/mol. The van der Waals surface area contributed by atoms with E-state index in [1.165, 1.54) is 11.7 Å². The van der Waals surface area contributed by atoms with E-state index < -0.39 is 37.3 Å². The first-order valence-corrected chi connectivity index (χ1v) is 10.1. The first-order chi connectivity index (χ1) is 14.5. The topological polar surface area (TPSA) is 76.0 Å². The first kappa shape index (κ1) is 22.0. The summed E-state index contributed by atoms with van der Waals surface area (Å²) in [5.41, 5.74) is 3.93. The Kier molecular flexibility index (Phi) is 7.64. The van der Waals surface area contributed by atoms with E-state index in [4.69, 9.17) is 0 Å². The van der Waals surface area contributed by atoms with Gasteiger partial charge in [-0.15, -0.1) is 0 Å². The highest BCUT2D eigenvalue weighted by Crippen LogP contribution is 2.28. The summed E-state index contributed by atoms with van der Waals surface area (Å²) in [6.45, 7) is -1.07. The van der Waals surface area contributed by atoms with Gasteiger partial charge in [-0.05, 0) is 30.0 Å². The summed E-state index contributed by atoms with van der Waals surface area (Å²) >= 11 is 1.18. The van der Waals surface area contributed by atoms with Gasteiger partial charge in [-0.3, -0.25) is 14.2 Å². The monoisotopic (exact) mass is 435 g/mol. The van der Waals surface area contributed by atoms with Gasteiger partial charge in [0.05, 0.1) is 36.4 Å². The van der Waals surface area contributed by atoms with E-state index in [2.05, 4.69) is 13.7 Å². The number of aliphatic hydroxyl groups excluding tert-OH is 1. The van der Waals surface area contributed by atoms with Crippen LogP contribution in [0.2, 0.25) is 0 Å².